The van der Waals surface area contributed by atoms with Crippen LogP contribution in [0.2, 0.25) is 0 Å². The van der Waals surface area contributed by atoms with Crippen LogP contribution >= 0.6 is 0 Å². The summed E-state index contributed by atoms with van der Waals surface area (Å²) in [6.07, 6.45) is 0. The Balaban J connectivity index is 1.92. The maximum atomic E-state index is 13.0. The molecule has 0 aromatic heterocycles. The van der Waals surface area contributed by atoms with E-state index in [0.717, 1.165) is 11.1 Å². The molecule has 98 valence electrons. The third kappa shape index (κ3) is 3.89. The molecule has 0 radical (unpaired) electrons. The lowest BCUT2D eigenvalue weighted by molar-refractivity contribution is 0.1000. The molecule has 0 spiro atoms. The summed E-state index contributed by atoms with van der Waals surface area (Å²) >= 11 is 0. The SMILES string of the molecule is NC(=O)c1cccc(CNCc2cccc(F)c2)c1. The minimum Gasteiger partial charge on any atom is -0.366 e. The van der Waals surface area contributed by atoms with Gasteiger partial charge in [0.05, 0.1) is 0 Å². The first-order valence-electron chi connectivity index (χ1n) is 5.99. The topological polar surface area (TPSA) is 55.1 Å². The van der Waals surface area contributed by atoms with E-state index in [4.69, 9.17) is 5.73 Å². The molecule has 2 rings (SSSR count). The van der Waals surface area contributed by atoms with Gasteiger partial charge in [0, 0.05) is 18.7 Å². The molecular weight excluding hydrogens is 243 g/mol. The maximum absolute atomic E-state index is 13.0. The Bertz CT molecular complexity index is 584. The van der Waals surface area contributed by atoms with Gasteiger partial charge in [-0.2, -0.15) is 0 Å². The monoisotopic (exact) mass is 258 g/mol. The molecule has 0 aliphatic rings. The van der Waals surface area contributed by atoms with Gasteiger partial charge >= 0.3 is 0 Å². The third-order valence-electron chi connectivity index (χ3n) is 2.76. The second kappa shape index (κ2) is 6.11. The lowest BCUT2D eigenvalue weighted by atomic mass is 10.1. The average Bonchev–Trinajstić information content (AvgIpc) is 2.39. The number of carbonyl (C=O) groups excluding carboxylic acids is 1. The largest absolute Gasteiger partial charge is 0.366 e. The van der Waals surface area contributed by atoms with Gasteiger partial charge < -0.3 is 11.1 Å². The second-order valence-electron chi connectivity index (χ2n) is 4.30. The van der Waals surface area contributed by atoms with Crippen molar-refractivity contribution in [2.24, 2.45) is 5.73 Å². The summed E-state index contributed by atoms with van der Waals surface area (Å²) < 4.78 is 13.0. The fourth-order valence-corrected chi connectivity index (χ4v) is 1.83. The number of hydrogen-bond acceptors (Lipinski definition) is 2. The van der Waals surface area contributed by atoms with Crippen molar-refractivity contribution in [2.75, 3.05) is 0 Å². The summed E-state index contributed by atoms with van der Waals surface area (Å²) in [6.45, 7) is 1.16. The molecule has 2 aromatic rings. The Morgan fingerprint density at radius 1 is 1.05 bits per heavy atom. The molecule has 0 aliphatic heterocycles. The highest BCUT2D eigenvalue weighted by Crippen LogP contribution is 2.06. The van der Waals surface area contributed by atoms with E-state index < -0.39 is 5.91 Å². The number of nitrogens with two attached hydrogens (primary N) is 1. The maximum Gasteiger partial charge on any atom is 0.248 e. The Morgan fingerprint density at radius 3 is 2.32 bits per heavy atom. The molecule has 0 fully saturated rings. The fourth-order valence-electron chi connectivity index (χ4n) is 1.83. The van der Waals surface area contributed by atoms with E-state index in [1.165, 1.54) is 12.1 Å². The predicted octanol–water partition coefficient (Wildman–Crippen LogP) is 2.21. The summed E-state index contributed by atoms with van der Waals surface area (Å²) in [5.74, 6) is -0.679. The van der Waals surface area contributed by atoms with Crippen LogP contribution in [0.25, 0.3) is 0 Å². The summed E-state index contributed by atoms with van der Waals surface area (Å²) in [7, 11) is 0. The van der Waals surface area contributed by atoms with Crippen LogP contribution in [0.15, 0.2) is 48.5 Å². The molecule has 0 unspecified atom stereocenters. The zero-order valence-corrected chi connectivity index (χ0v) is 10.4. The summed E-state index contributed by atoms with van der Waals surface area (Å²) in [4.78, 5) is 11.0. The number of nitrogens with one attached hydrogen (secondary N) is 1. The molecule has 0 heterocycles. The van der Waals surface area contributed by atoms with Crippen molar-refractivity contribution in [3.05, 3.63) is 71.0 Å². The van der Waals surface area contributed by atoms with E-state index in [-0.39, 0.29) is 5.82 Å². The Hall–Kier alpha value is -2.20. The normalized spacial score (nSPS) is 10.4. The zero-order valence-electron chi connectivity index (χ0n) is 10.4. The first kappa shape index (κ1) is 13.2. The molecule has 2 aromatic carbocycles. The Morgan fingerprint density at radius 2 is 1.68 bits per heavy atom. The van der Waals surface area contributed by atoms with Crippen molar-refractivity contribution < 1.29 is 9.18 Å². The number of hydrogen-bond donors (Lipinski definition) is 2. The molecule has 1 amide bonds. The fraction of sp³-hybridized carbons (Fsp3) is 0.133. The number of benzene rings is 2. The number of amides is 1. The minimum atomic E-state index is -0.438. The van der Waals surface area contributed by atoms with Crippen LogP contribution in [0.4, 0.5) is 4.39 Å². The quantitative estimate of drug-likeness (QED) is 0.864. The van der Waals surface area contributed by atoms with Crippen molar-refractivity contribution in [1.29, 1.82) is 0 Å². The van der Waals surface area contributed by atoms with Crippen molar-refractivity contribution in [3.8, 4) is 0 Å². The van der Waals surface area contributed by atoms with Gasteiger partial charge in [-0.15, -0.1) is 0 Å². The lowest BCUT2D eigenvalue weighted by Gasteiger charge is -2.06. The second-order valence-corrected chi connectivity index (χ2v) is 4.30. The summed E-state index contributed by atoms with van der Waals surface area (Å²) in [5.41, 5.74) is 7.55. The van der Waals surface area contributed by atoms with Crippen LogP contribution < -0.4 is 11.1 Å². The molecule has 3 nitrogen and oxygen atoms in total. The zero-order chi connectivity index (χ0) is 13.7. The highest BCUT2D eigenvalue weighted by atomic mass is 19.1. The van der Waals surface area contributed by atoms with Crippen molar-refractivity contribution in [2.45, 2.75) is 13.1 Å². The highest BCUT2D eigenvalue weighted by Gasteiger charge is 2.01. The van der Waals surface area contributed by atoms with Crippen LogP contribution in [0.1, 0.15) is 21.5 Å². The molecule has 4 heteroatoms. The van der Waals surface area contributed by atoms with E-state index in [0.29, 0.717) is 18.7 Å². The number of carbonyl (C=O) groups is 1. The van der Waals surface area contributed by atoms with E-state index >= 15 is 0 Å². The van der Waals surface area contributed by atoms with Gasteiger partial charge in [0.1, 0.15) is 5.82 Å². The lowest BCUT2D eigenvalue weighted by Crippen LogP contribution is -2.15. The van der Waals surface area contributed by atoms with Gasteiger partial charge in [-0.25, -0.2) is 4.39 Å². The minimum absolute atomic E-state index is 0.241. The van der Waals surface area contributed by atoms with Crippen LogP contribution in [-0.2, 0) is 13.1 Å². The van der Waals surface area contributed by atoms with Crippen molar-refractivity contribution >= 4 is 5.91 Å². The standard InChI is InChI=1S/C15H15FN2O/c16-14-6-2-4-12(8-14)10-18-9-11-3-1-5-13(7-11)15(17)19/h1-8,18H,9-10H2,(H2,17,19). The van der Waals surface area contributed by atoms with Crippen LogP contribution in [-0.4, -0.2) is 5.91 Å². The van der Waals surface area contributed by atoms with Gasteiger partial charge in [-0.3, -0.25) is 4.79 Å². The van der Waals surface area contributed by atoms with Crippen molar-refractivity contribution in [1.82, 2.24) is 5.32 Å². The number of rotatable bonds is 5. The van der Waals surface area contributed by atoms with E-state index in [1.54, 1.807) is 24.3 Å². The first-order valence-corrected chi connectivity index (χ1v) is 5.99. The van der Waals surface area contributed by atoms with E-state index in [1.807, 2.05) is 12.1 Å². The van der Waals surface area contributed by atoms with Gasteiger partial charge in [-0.1, -0.05) is 24.3 Å². The highest BCUT2D eigenvalue weighted by molar-refractivity contribution is 5.92. The molecular formula is C15H15FN2O. The molecule has 0 saturated heterocycles. The third-order valence-corrected chi connectivity index (χ3v) is 2.76. The Kier molecular flexibility index (Phi) is 4.26. The summed E-state index contributed by atoms with van der Waals surface area (Å²) in [5, 5.41) is 3.19. The van der Waals surface area contributed by atoms with Crippen LogP contribution in [0, 0.1) is 5.82 Å². The van der Waals surface area contributed by atoms with Crippen LogP contribution in [0.3, 0.4) is 0 Å². The van der Waals surface area contributed by atoms with Gasteiger partial charge in [0.25, 0.3) is 0 Å². The number of halogens is 1. The predicted molar refractivity (Wildman–Crippen MR) is 71.9 cm³/mol. The molecule has 3 N–H and O–H groups in total. The average molecular weight is 258 g/mol. The smallest absolute Gasteiger partial charge is 0.248 e. The molecule has 0 saturated carbocycles. The van der Waals surface area contributed by atoms with E-state index in [9.17, 15) is 9.18 Å². The van der Waals surface area contributed by atoms with Crippen molar-refractivity contribution in [3.63, 3.8) is 0 Å². The van der Waals surface area contributed by atoms with Gasteiger partial charge in [0.2, 0.25) is 5.91 Å². The number of primary amides is 1. The first-order chi connectivity index (χ1) is 9.15. The van der Waals surface area contributed by atoms with Crippen LogP contribution in [0.5, 0.6) is 0 Å². The molecule has 0 aliphatic carbocycles. The van der Waals surface area contributed by atoms with E-state index in [2.05, 4.69) is 5.32 Å². The molecule has 0 atom stereocenters. The summed E-state index contributed by atoms with van der Waals surface area (Å²) in [6, 6.07) is 13.6. The Labute approximate surface area is 111 Å². The molecule has 19 heavy (non-hydrogen) atoms. The van der Waals surface area contributed by atoms with Gasteiger partial charge in [-0.05, 0) is 35.4 Å². The van der Waals surface area contributed by atoms with Gasteiger partial charge in [0.15, 0.2) is 0 Å². The molecule has 0 bridgehead atoms.